The molecular formula is C24H28ClN5O3. The number of likely N-dealkylation sites (tertiary alicyclic amines) is 1. The van der Waals surface area contributed by atoms with Crippen molar-refractivity contribution in [3.05, 3.63) is 59.2 Å². The molecular weight excluding hydrogens is 442 g/mol. The fourth-order valence-corrected chi connectivity index (χ4v) is 5.28. The molecule has 2 bridgehead atoms. The second kappa shape index (κ2) is 8.93. The van der Waals surface area contributed by atoms with Gasteiger partial charge >= 0.3 is 0 Å². The van der Waals surface area contributed by atoms with E-state index in [1.807, 2.05) is 29.7 Å². The predicted octanol–water partition coefficient (Wildman–Crippen LogP) is 3.11. The molecule has 9 heteroatoms. The van der Waals surface area contributed by atoms with Gasteiger partial charge in [-0.15, -0.1) is 0 Å². The van der Waals surface area contributed by atoms with Crippen molar-refractivity contribution in [1.29, 1.82) is 0 Å². The fourth-order valence-electron chi connectivity index (χ4n) is 5.09. The van der Waals surface area contributed by atoms with Gasteiger partial charge in [0.1, 0.15) is 11.5 Å². The van der Waals surface area contributed by atoms with Crippen molar-refractivity contribution in [2.75, 3.05) is 25.0 Å². The van der Waals surface area contributed by atoms with E-state index in [-0.39, 0.29) is 23.9 Å². The van der Waals surface area contributed by atoms with Gasteiger partial charge in [-0.3, -0.25) is 14.5 Å². The normalized spacial score (nSPS) is 25.4. The van der Waals surface area contributed by atoms with Crippen LogP contribution in [0.2, 0.25) is 5.02 Å². The zero-order valence-electron chi connectivity index (χ0n) is 18.8. The first-order valence-electron chi connectivity index (χ1n) is 11.4. The van der Waals surface area contributed by atoms with E-state index in [4.69, 9.17) is 16.3 Å². The van der Waals surface area contributed by atoms with E-state index < -0.39 is 0 Å². The Morgan fingerprint density at radius 3 is 2.85 bits per heavy atom. The van der Waals surface area contributed by atoms with Crippen LogP contribution in [0.5, 0.6) is 0 Å². The molecule has 33 heavy (non-hydrogen) atoms. The van der Waals surface area contributed by atoms with Gasteiger partial charge in [0.2, 0.25) is 5.91 Å². The smallest absolute Gasteiger partial charge is 0.273 e. The summed E-state index contributed by atoms with van der Waals surface area (Å²) in [5.41, 5.74) is 1.01. The molecule has 1 aromatic carbocycles. The predicted molar refractivity (Wildman–Crippen MR) is 125 cm³/mol. The number of carbonyl (C=O) groups is 2. The number of para-hydroxylation sites is 1. The Balaban J connectivity index is 1.25. The van der Waals surface area contributed by atoms with Gasteiger partial charge in [0, 0.05) is 31.2 Å². The number of nitrogens with zero attached hydrogens (tertiary/aromatic N) is 4. The quantitative estimate of drug-likeness (QED) is 0.680. The molecule has 3 aliphatic heterocycles. The summed E-state index contributed by atoms with van der Waals surface area (Å²) in [6, 6.07) is 7.68. The van der Waals surface area contributed by atoms with Crippen LogP contribution in [0.15, 0.2) is 42.6 Å². The van der Waals surface area contributed by atoms with E-state index in [9.17, 15) is 9.59 Å². The Labute approximate surface area is 198 Å². The standard InChI is InChI=1S/C24H28ClN5O3/c1-15(29-12-18-9-17(29)14-33-18)7-8-23(31)28-11-16(2)30-21(10-26-22(30)13-28)24(32)27-20-6-4-3-5-19(20)25/h3-8,10,15-18H,9,11-14H2,1-2H3,(H,27,32)/b8-7+/t15-,16-,17?,18?/m1/s1. The average Bonchev–Trinajstić information content (AvgIpc) is 3.54. The first kappa shape index (κ1) is 22.1. The maximum Gasteiger partial charge on any atom is 0.273 e. The highest BCUT2D eigenvalue weighted by Crippen LogP contribution is 2.30. The van der Waals surface area contributed by atoms with Gasteiger partial charge < -0.3 is 19.5 Å². The third kappa shape index (κ3) is 4.30. The summed E-state index contributed by atoms with van der Waals surface area (Å²) in [6.45, 7) is 6.71. The molecule has 4 atom stereocenters. The lowest BCUT2D eigenvalue weighted by molar-refractivity contribution is -0.128. The highest BCUT2D eigenvalue weighted by molar-refractivity contribution is 6.33. The van der Waals surface area contributed by atoms with E-state index in [1.54, 1.807) is 29.3 Å². The van der Waals surface area contributed by atoms with Gasteiger partial charge in [-0.2, -0.15) is 0 Å². The fraction of sp³-hybridized carbons (Fsp3) is 0.458. The summed E-state index contributed by atoms with van der Waals surface area (Å²) in [7, 11) is 0. The summed E-state index contributed by atoms with van der Waals surface area (Å²) in [4.78, 5) is 34.4. The Hall–Kier alpha value is -2.68. The molecule has 3 aliphatic rings. The van der Waals surface area contributed by atoms with Crippen LogP contribution < -0.4 is 5.32 Å². The lowest BCUT2D eigenvalue weighted by atomic mass is 10.2. The molecule has 8 nitrogen and oxygen atoms in total. The van der Waals surface area contributed by atoms with Crippen molar-refractivity contribution in [3.63, 3.8) is 0 Å². The SMILES string of the molecule is C[C@H](/C=C/C(=O)N1Cc2ncc(C(=O)Nc3ccccc3Cl)n2[C@H](C)C1)N1CC2CC1CO2. The molecule has 0 saturated carbocycles. The summed E-state index contributed by atoms with van der Waals surface area (Å²) in [5, 5.41) is 3.33. The van der Waals surface area contributed by atoms with Gasteiger partial charge in [0.15, 0.2) is 0 Å². The van der Waals surface area contributed by atoms with Crippen molar-refractivity contribution >= 4 is 29.1 Å². The second-order valence-electron chi connectivity index (χ2n) is 9.07. The van der Waals surface area contributed by atoms with Crippen molar-refractivity contribution in [2.24, 2.45) is 0 Å². The van der Waals surface area contributed by atoms with Crippen molar-refractivity contribution in [2.45, 2.75) is 51.0 Å². The number of hydrogen-bond donors (Lipinski definition) is 1. The summed E-state index contributed by atoms with van der Waals surface area (Å²) in [5.74, 6) is 0.388. The first-order valence-corrected chi connectivity index (χ1v) is 11.7. The molecule has 2 saturated heterocycles. The highest BCUT2D eigenvalue weighted by atomic mass is 35.5. The Morgan fingerprint density at radius 2 is 2.12 bits per heavy atom. The van der Waals surface area contributed by atoms with Crippen molar-refractivity contribution in [1.82, 2.24) is 19.4 Å². The van der Waals surface area contributed by atoms with Crippen LogP contribution in [0.25, 0.3) is 0 Å². The number of anilines is 1. The Morgan fingerprint density at radius 1 is 1.30 bits per heavy atom. The minimum Gasteiger partial charge on any atom is -0.375 e. The molecule has 5 rings (SSSR count). The number of morpholine rings is 1. The largest absolute Gasteiger partial charge is 0.375 e. The van der Waals surface area contributed by atoms with E-state index in [0.717, 1.165) is 19.6 Å². The number of hydrogen-bond acceptors (Lipinski definition) is 5. The lowest BCUT2D eigenvalue weighted by Gasteiger charge is -2.33. The molecule has 2 unspecified atom stereocenters. The number of ether oxygens (including phenoxy) is 1. The minimum absolute atomic E-state index is 0.0365. The summed E-state index contributed by atoms with van der Waals surface area (Å²) < 4.78 is 7.58. The van der Waals surface area contributed by atoms with Crippen LogP contribution in [0.1, 0.15) is 42.6 Å². The number of nitrogens with one attached hydrogen (secondary N) is 1. The van der Waals surface area contributed by atoms with Gasteiger partial charge in [-0.25, -0.2) is 4.98 Å². The monoisotopic (exact) mass is 469 g/mol. The zero-order chi connectivity index (χ0) is 23.1. The molecule has 0 radical (unpaired) electrons. The van der Waals surface area contributed by atoms with E-state index in [2.05, 4.69) is 22.1 Å². The highest BCUT2D eigenvalue weighted by Gasteiger charge is 2.40. The van der Waals surface area contributed by atoms with Crippen LogP contribution in [-0.2, 0) is 16.1 Å². The molecule has 4 heterocycles. The lowest BCUT2D eigenvalue weighted by Crippen LogP contribution is -2.43. The third-order valence-corrected chi connectivity index (χ3v) is 7.11. The van der Waals surface area contributed by atoms with Gasteiger partial charge in [0.05, 0.1) is 42.2 Å². The van der Waals surface area contributed by atoms with E-state index in [0.29, 0.717) is 47.5 Å². The number of imidazole rings is 1. The van der Waals surface area contributed by atoms with Crippen LogP contribution >= 0.6 is 11.6 Å². The molecule has 0 spiro atoms. The molecule has 2 aromatic rings. The number of halogens is 1. The van der Waals surface area contributed by atoms with Crippen molar-refractivity contribution < 1.29 is 14.3 Å². The number of fused-ring (bicyclic) bond motifs is 3. The Kier molecular flexibility index (Phi) is 5.99. The molecule has 2 amide bonds. The second-order valence-corrected chi connectivity index (χ2v) is 9.48. The number of benzene rings is 1. The number of carbonyl (C=O) groups excluding carboxylic acids is 2. The minimum atomic E-state index is -0.272. The van der Waals surface area contributed by atoms with Gasteiger partial charge in [-0.1, -0.05) is 29.8 Å². The maximum absolute atomic E-state index is 12.9. The Bertz CT molecular complexity index is 1100. The maximum atomic E-state index is 12.9. The van der Waals surface area contributed by atoms with Gasteiger partial charge in [-0.05, 0) is 32.4 Å². The third-order valence-electron chi connectivity index (χ3n) is 6.78. The van der Waals surface area contributed by atoms with E-state index >= 15 is 0 Å². The molecule has 0 aliphatic carbocycles. The van der Waals surface area contributed by atoms with Crippen LogP contribution in [0.4, 0.5) is 5.69 Å². The van der Waals surface area contributed by atoms with E-state index in [1.165, 1.54) is 0 Å². The molecule has 1 N–H and O–H groups in total. The average molecular weight is 470 g/mol. The van der Waals surface area contributed by atoms with Crippen LogP contribution in [-0.4, -0.2) is 69.0 Å². The zero-order valence-corrected chi connectivity index (χ0v) is 19.5. The van der Waals surface area contributed by atoms with Gasteiger partial charge in [0.25, 0.3) is 5.91 Å². The number of aromatic nitrogens is 2. The summed E-state index contributed by atoms with van der Waals surface area (Å²) >= 11 is 6.17. The molecule has 2 fully saturated rings. The topological polar surface area (TPSA) is 79.7 Å². The van der Waals surface area contributed by atoms with Crippen LogP contribution in [0.3, 0.4) is 0 Å². The number of rotatable bonds is 5. The van der Waals surface area contributed by atoms with Crippen molar-refractivity contribution in [3.8, 4) is 0 Å². The first-order chi connectivity index (χ1) is 15.9. The van der Waals surface area contributed by atoms with Crippen LogP contribution in [0, 0.1) is 0 Å². The summed E-state index contributed by atoms with van der Waals surface area (Å²) in [6.07, 6.45) is 6.65. The molecule has 174 valence electrons. The number of amides is 2. The molecule has 1 aromatic heterocycles.